The SMILES string of the molecule is CCCNC1CCC(C)(Cc2cc(Br)ccc2OC)C1. The molecule has 0 saturated heterocycles. The van der Waals surface area contributed by atoms with Crippen LogP contribution in [0.2, 0.25) is 0 Å². The van der Waals surface area contributed by atoms with Crippen LogP contribution in [0.5, 0.6) is 5.75 Å². The fourth-order valence-electron chi connectivity index (χ4n) is 3.35. The summed E-state index contributed by atoms with van der Waals surface area (Å²) < 4.78 is 6.65. The van der Waals surface area contributed by atoms with Crippen molar-refractivity contribution in [2.45, 2.75) is 52.0 Å². The molecule has 1 aliphatic rings. The zero-order valence-electron chi connectivity index (χ0n) is 12.8. The number of ether oxygens (including phenoxy) is 1. The van der Waals surface area contributed by atoms with Crippen molar-refractivity contribution in [3.63, 3.8) is 0 Å². The van der Waals surface area contributed by atoms with Gasteiger partial charge in [0.2, 0.25) is 0 Å². The molecule has 0 aliphatic heterocycles. The third-order valence-corrected chi connectivity index (χ3v) is 4.87. The third kappa shape index (κ3) is 3.98. The van der Waals surface area contributed by atoms with Gasteiger partial charge in [0.15, 0.2) is 0 Å². The van der Waals surface area contributed by atoms with E-state index in [4.69, 9.17) is 4.74 Å². The van der Waals surface area contributed by atoms with Crippen molar-refractivity contribution in [1.82, 2.24) is 5.32 Å². The quantitative estimate of drug-likeness (QED) is 0.820. The second kappa shape index (κ2) is 6.95. The second-order valence-electron chi connectivity index (χ2n) is 6.34. The summed E-state index contributed by atoms with van der Waals surface area (Å²) in [4.78, 5) is 0. The van der Waals surface area contributed by atoms with E-state index in [2.05, 4.69) is 47.2 Å². The number of methoxy groups -OCH3 is 1. The van der Waals surface area contributed by atoms with Gasteiger partial charge in [-0.3, -0.25) is 0 Å². The standard InChI is InChI=1S/C17H26BrNO/c1-4-9-19-15-7-8-17(2,12-15)11-13-10-14(18)5-6-16(13)20-3/h5-6,10,15,19H,4,7-9,11-12H2,1-3H3. The maximum Gasteiger partial charge on any atom is 0.122 e. The number of halogens is 1. The molecule has 2 atom stereocenters. The maximum atomic E-state index is 5.51. The van der Waals surface area contributed by atoms with E-state index >= 15 is 0 Å². The number of benzene rings is 1. The smallest absolute Gasteiger partial charge is 0.122 e. The van der Waals surface area contributed by atoms with Gasteiger partial charge in [0.25, 0.3) is 0 Å². The van der Waals surface area contributed by atoms with E-state index in [9.17, 15) is 0 Å². The summed E-state index contributed by atoms with van der Waals surface area (Å²) in [5.41, 5.74) is 1.71. The van der Waals surface area contributed by atoms with Crippen LogP contribution in [0.15, 0.2) is 22.7 Å². The Balaban J connectivity index is 2.04. The molecule has 0 spiro atoms. The van der Waals surface area contributed by atoms with Gasteiger partial charge in [-0.1, -0.05) is 29.8 Å². The van der Waals surface area contributed by atoms with Crippen LogP contribution in [0.3, 0.4) is 0 Å². The summed E-state index contributed by atoms with van der Waals surface area (Å²) >= 11 is 3.57. The highest BCUT2D eigenvalue weighted by Gasteiger charge is 2.35. The van der Waals surface area contributed by atoms with Crippen LogP contribution in [0, 0.1) is 5.41 Å². The summed E-state index contributed by atoms with van der Waals surface area (Å²) in [6.07, 6.45) is 6.17. The van der Waals surface area contributed by atoms with Crippen molar-refractivity contribution >= 4 is 15.9 Å². The lowest BCUT2D eigenvalue weighted by Gasteiger charge is -2.25. The molecule has 0 radical (unpaired) electrons. The van der Waals surface area contributed by atoms with E-state index in [1.54, 1.807) is 7.11 Å². The molecule has 2 rings (SSSR count). The molecule has 3 heteroatoms. The summed E-state index contributed by atoms with van der Waals surface area (Å²) in [5, 5.41) is 3.67. The maximum absolute atomic E-state index is 5.51. The van der Waals surface area contributed by atoms with E-state index < -0.39 is 0 Å². The summed E-state index contributed by atoms with van der Waals surface area (Å²) in [7, 11) is 1.76. The molecule has 0 amide bonds. The molecule has 20 heavy (non-hydrogen) atoms. The lowest BCUT2D eigenvalue weighted by Crippen LogP contribution is -2.29. The van der Waals surface area contributed by atoms with Crippen molar-refractivity contribution in [3.05, 3.63) is 28.2 Å². The predicted octanol–water partition coefficient (Wildman–Crippen LogP) is 4.56. The van der Waals surface area contributed by atoms with Crippen LogP contribution in [-0.4, -0.2) is 19.7 Å². The molecule has 112 valence electrons. The van der Waals surface area contributed by atoms with Gasteiger partial charge in [-0.25, -0.2) is 0 Å². The minimum atomic E-state index is 0.388. The van der Waals surface area contributed by atoms with Crippen molar-refractivity contribution in [1.29, 1.82) is 0 Å². The average Bonchev–Trinajstić information content (AvgIpc) is 2.78. The number of hydrogen-bond donors (Lipinski definition) is 1. The number of hydrogen-bond acceptors (Lipinski definition) is 2. The topological polar surface area (TPSA) is 21.3 Å². The zero-order chi connectivity index (χ0) is 14.6. The number of rotatable bonds is 6. The molecule has 2 unspecified atom stereocenters. The van der Waals surface area contributed by atoms with Gasteiger partial charge in [-0.05, 0) is 67.8 Å². The molecule has 1 N–H and O–H groups in total. The first-order valence-corrected chi connectivity index (χ1v) is 8.41. The predicted molar refractivity (Wildman–Crippen MR) is 88.4 cm³/mol. The molecule has 1 saturated carbocycles. The highest BCUT2D eigenvalue weighted by Crippen LogP contribution is 2.42. The Kier molecular flexibility index (Phi) is 5.50. The van der Waals surface area contributed by atoms with Gasteiger partial charge < -0.3 is 10.1 Å². The van der Waals surface area contributed by atoms with Gasteiger partial charge in [-0.15, -0.1) is 0 Å². The van der Waals surface area contributed by atoms with Gasteiger partial charge in [-0.2, -0.15) is 0 Å². The fourth-order valence-corrected chi connectivity index (χ4v) is 3.76. The Bertz CT molecular complexity index is 449. The van der Waals surface area contributed by atoms with Crippen LogP contribution in [0.4, 0.5) is 0 Å². The monoisotopic (exact) mass is 339 g/mol. The van der Waals surface area contributed by atoms with Crippen LogP contribution in [-0.2, 0) is 6.42 Å². The first kappa shape index (κ1) is 15.8. The molecular formula is C17H26BrNO. The molecular weight excluding hydrogens is 314 g/mol. The molecule has 0 bridgehead atoms. The third-order valence-electron chi connectivity index (χ3n) is 4.38. The molecule has 2 nitrogen and oxygen atoms in total. The van der Waals surface area contributed by atoms with Crippen LogP contribution >= 0.6 is 15.9 Å². The largest absolute Gasteiger partial charge is 0.496 e. The normalized spacial score (nSPS) is 25.9. The summed E-state index contributed by atoms with van der Waals surface area (Å²) in [6, 6.07) is 7.00. The average molecular weight is 340 g/mol. The lowest BCUT2D eigenvalue weighted by atomic mass is 9.81. The van der Waals surface area contributed by atoms with Crippen LogP contribution < -0.4 is 10.1 Å². The Hall–Kier alpha value is -0.540. The molecule has 0 heterocycles. The Morgan fingerprint density at radius 1 is 1.45 bits per heavy atom. The minimum absolute atomic E-state index is 0.388. The van der Waals surface area contributed by atoms with E-state index in [0.717, 1.165) is 23.2 Å². The summed E-state index contributed by atoms with van der Waals surface area (Å²) in [6.45, 7) is 5.79. The highest BCUT2D eigenvalue weighted by atomic mass is 79.9. The van der Waals surface area contributed by atoms with E-state index in [1.807, 2.05) is 6.07 Å². The highest BCUT2D eigenvalue weighted by molar-refractivity contribution is 9.10. The fraction of sp³-hybridized carbons (Fsp3) is 0.647. The zero-order valence-corrected chi connectivity index (χ0v) is 14.4. The number of nitrogens with one attached hydrogen (secondary N) is 1. The molecule has 1 aliphatic carbocycles. The minimum Gasteiger partial charge on any atom is -0.496 e. The van der Waals surface area contributed by atoms with Crippen molar-refractivity contribution < 1.29 is 4.74 Å². The van der Waals surface area contributed by atoms with Gasteiger partial charge >= 0.3 is 0 Å². The van der Waals surface area contributed by atoms with Crippen LogP contribution in [0.25, 0.3) is 0 Å². The van der Waals surface area contributed by atoms with E-state index in [0.29, 0.717) is 11.5 Å². The molecule has 1 aromatic carbocycles. The van der Waals surface area contributed by atoms with E-state index in [-0.39, 0.29) is 0 Å². The van der Waals surface area contributed by atoms with E-state index in [1.165, 1.54) is 31.2 Å². The Labute approximate surface area is 131 Å². The second-order valence-corrected chi connectivity index (χ2v) is 7.25. The Morgan fingerprint density at radius 2 is 2.25 bits per heavy atom. The first-order valence-electron chi connectivity index (χ1n) is 7.62. The molecule has 1 fully saturated rings. The van der Waals surface area contributed by atoms with Crippen LogP contribution in [0.1, 0.15) is 45.1 Å². The molecule has 1 aromatic rings. The van der Waals surface area contributed by atoms with Gasteiger partial charge in [0.1, 0.15) is 5.75 Å². The van der Waals surface area contributed by atoms with Gasteiger partial charge in [0.05, 0.1) is 7.11 Å². The van der Waals surface area contributed by atoms with Crippen molar-refractivity contribution in [2.24, 2.45) is 5.41 Å². The van der Waals surface area contributed by atoms with Crippen molar-refractivity contribution in [2.75, 3.05) is 13.7 Å². The Morgan fingerprint density at radius 3 is 2.95 bits per heavy atom. The molecule has 0 aromatic heterocycles. The van der Waals surface area contributed by atoms with Gasteiger partial charge in [0, 0.05) is 10.5 Å². The summed E-state index contributed by atoms with van der Waals surface area (Å²) in [5.74, 6) is 1.01. The lowest BCUT2D eigenvalue weighted by molar-refractivity contribution is 0.314. The first-order chi connectivity index (χ1) is 9.56. The van der Waals surface area contributed by atoms with Crippen molar-refractivity contribution in [3.8, 4) is 5.75 Å².